The van der Waals surface area contributed by atoms with Gasteiger partial charge in [-0.15, -0.1) is 0 Å². The summed E-state index contributed by atoms with van der Waals surface area (Å²) in [5.74, 6) is 0. The van der Waals surface area contributed by atoms with Crippen molar-refractivity contribution in [3.8, 4) is 0 Å². The molecule has 0 saturated heterocycles. The van der Waals surface area contributed by atoms with Gasteiger partial charge in [0.1, 0.15) is 5.60 Å². The topological polar surface area (TPSA) is 64.3 Å². The van der Waals surface area contributed by atoms with Crippen molar-refractivity contribution >= 4 is 6.09 Å². The Morgan fingerprint density at radius 3 is 2.00 bits per heavy atom. The van der Waals surface area contributed by atoms with Crippen LogP contribution in [-0.2, 0) is 4.74 Å². The standard InChI is InChI=1S/C10H20N2O2/c1-7(11)10(5,6)12-8(13)14-9(2,3)4/h1,11H2,2-6H3,(H,12,13). The first-order valence-electron chi connectivity index (χ1n) is 4.50. The summed E-state index contributed by atoms with van der Waals surface area (Å²) >= 11 is 0. The minimum atomic E-state index is -0.650. The largest absolute Gasteiger partial charge is 0.444 e. The van der Waals surface area contributed by atoms with Crippen molar-refractivity contribution in [3.05, 3.63) is 12.3 Å². The van der Waals surface area contributed by atoms with E-state index in [0.717, 1.165) is 0 Å². The molecule has 0 fully saturated rings. The highest BCUT2D eigenvalue weighted by Gasteiger charge is 2.25. The van der Waals surface area contributed by atoms with Crippen molar-refractivity contribution < 1.29 is 9.53 Å². The van der Waals surface area contributed by atoms with E-state index < -0.39 is 17.2 Å². The highest BCUT2D eigenvalue weighted by atomic mass is 16.6. The molecule has 14 heavy (non-hydrogen) atoms. The van der Waals surface area contributed by atoms with Gasteiger partial charge in [-0.3, -0.25) is 0 Å². The van der Waals surface area contributed by atoms with Gasteiger partial charge in [-0.1, -0.05) is 6.58 Å². The van der Waals surface area contributed by atoms with Crippen molar-refractivity contribution in [2.45, 2.75) is 45.8 Å². The molecule has 3 N–H and O–H groups in total. The van der Waals surface area contributed by atoms with Gasteiger partial charge < -0.3 is 15.8 Å². The first-order chi connectivity index (χ1) is 6.04. The number of ether oxygens (including phenoxy) is 1. The van der Waals surface area contributed by atoms with Gasteiger partial charge in [0.15, 0.2) is 0 Å². The molecule has 0 aliphatic rings. The van der Waals surface area contributed by atoms with Gasteiger partial charge in [-0.05, 0) is 34.6 Å². The van der Waals surface area contributed by atoms with E-state index in [1.54, 1.807) is 34.6 Å². The second-order valence-corrected chi connectivity index (χ2v) is 4.78. The zero-order chi connectivity index (χ0) is 11.6. The summed E-state index contributed by atoms with van der Waals surface area (Å²) in [6.45, 7) is 12.5. The van der Waals surface area contributed by atoms with E-state index in [9.17, 15) is 4.79 Å². The molecule has 0 heterocycles. The second kappa shape index (κ2) is 3.90. The first-order valence-corrected chi connectivity index (χ1v) is 4.50. The Morgan fingerprint density at radius 2 is 1.71 bits per heavy atom. The maximum atomic E-state index is 11.3. The molecule has 0 saturated carbocycles. The number of carbonyl (C=O) groups is 1. The van der Waals surface area contributed by atoms with Gasteiger partial charge in [-0.25, -0.2) is 4.79 Å². The van der Waals surface area contributed by atoms with E-state index in [1.165, 1.54) is 0 Å². The molecule has 0 aromatic heterocycles. The Hall–Kier alpha value is -1.19. The van der Waals surface area contributed by atoms with E-state index in [-0.39, 0.29) is 0 Å². The maximum absolute atomic E-state index is 11.3. The summed E-state index contributed by atoms with van der Waals surface area (Å²) in [4.78, 5) is 11.3. The highest BCUT2D eigenvalue weighted by Crippen LogP contribution is 2.11. The molecular formula is C10H20N2O2. The highest BCUT2D eigenvalue weighted by molar-refractivity contribution is 5.69. The van der Waals surface area contributed by atoms with Crippen molar-refractivity contribution in [2.75, 3.05) is 0 Å². The van der Waals surface area contributed by atoms with Crippen LogP contribution in [0.3, 0.4) is 0 Å². The molecule has 82 valence electrons. The summed E-state index contributed by atoms with van der Waals surface area (Å²) in [5, 5.41) is 2.63. The number of hydrogen-bond acceptors (Lipinski definition) is 3. The molecule has 0 spiro atoms. The zero-order valence-corrected chi connectivity index (χ0v) is 9.60. The summed E-state index contributed by atoms with van der Waals surface area (Å²) < 4.78 is 5.08. The second-order valence-electron chi connectivity index (χ2n) is 4.78. The van der Waals surface area contributed by atoms with E-state index in [0.29, 0.717) is 5.70 Å². The van der Waals surface area contributed by atoms with Crippen LogP contribution in [0.15, 0.2) is 12.3 Å². The molecule has 0 aliphatic carbocycles. The molecule has 0 atom stereocenters. The molecular weight excluding hydrogens is 180 g/mol. The quantitative estimate of drug-likeness (QED) is 0.714. The van der Waals surface area contributed by atoms with Crippen molar-refractivity contribution in [2.24, 2.45) is 5.73 Å². The summed E-state index contributed by atoms with van der Waals surface area (Å²) in [5.41, 5.74) is 4.76. The number of amides is 1. The minimum Gasteiger partial charge on any atom is -0.444 e. The van der Waals surface area contributed by atoms with E-state index in [2.05, 4.69) is 11.9 Å². The average molecular weight is 200 g/mol. The predicted octanol–water partition coefficient (Wildman–Crippen LogP) is 1.76. The van der Waals surface area contributed by atoms with Crippen LogP contribution in [0, 0.1) is 0 Å². The molecule has 0 aromatic carbocycles. The lowest BCUT2D eigenvalue weighted by molar-refractivity contribution is 0.0486. The molecule has 4 nitrogen and oxygen atoms in total. The van der Waals surface area contributed by atoms with Crippen LogP contribution in [0.1, 0.15) is 34.6 Å². The normalized spacial score (nSPS) is 12.1. The molecule has 4 heteroatoms. The Balaban J connectivity index is 4.27. The van der Waals surface area contributed by atoms with Crippen LogP contribution < -0.4 is 11.1 Å². The molecule has 0 aromatic rings. The van der Waals surface area contributed by atoms with Gasteiger partial charge in [0.05, 0.1) is 5.54 Å². The van der Waals surface area contributed by atoms with Crippen LogP contribution in [0.4, 0.5) is 4.79 Å². The number of nitrogens with one attached hydrogen (secondary N) is 1. The van der Waals surface area contributed by atoms with E-state index >= 15 is 0 Å². The third kappa shape index (κ3) is 4.74. The number of hydrogen-bond donors (Lipinski definition) is 2. The van der Waals surface area contributed by atoms with Crippen LogP contribution in [0.2, 0.25) is 0 Å². The molecule has 0 aliphatic heterocycles. The Kier molecular flexibility index (Phi) is 3.57. The van der Waals surface area contributed by atoms with Crippen LogP contribution in [0.25, 0.3) is 0 Å². The van der Waals surface area contributed by atoms with Crippen LogP contribution in [0.5, 0.6) is 0 Å². The van der Waals surface area contributed by atoms with Gasteiger partial charge in [-0.2, -0.15) is 0 Å². The molecule has 0 radical (unpaired) electrons. The lowest BCUT2D eigenvalue weighted by atomic mass is 10.0. The smallest absolute Gasteiger partial charge is 0.408 e. The number of carbonyl (C=O) groups excluding carboxylic acids is 1. The fourth-order valence-corrected chi connectivity index (χ4v) is 0.639. The van der Waals surface area contributed by atoms with Gasteiger partial charge >= 0.3 is 6.09 Å². The predicted molar refractivity (Wildman–Crippen MR) is 56.8 cm³/mol. The van der Waals surface area contributed by atoms with Gasteiger partial charge in [0.2, 0.25) is 0 Å². The van der Waals surface area contributed by atoms with Crippen LogP contribution in [-0.4, -0.2) is 17.2 Å². The van der Waals surface area contributed by atoms with Crippen molar-refractivity contribution in [1.82, 2.24) is 5.32 Å². The molecule has 0 unspecified atom stereocenters. The maximum Gasteiger partial charge on any atom is 0.408 e. The molecule has 0 rings (SSSR count). The van der Waals surface area contributed by atoms with Gasteiger partial charge in [0, 0.05) is 5.70 Å². The van der Waals surface area contributed by atoms with Crippen LogP contribution >= 0.6 is 0 Å². The van der Waals surface area contributed by atoms with E-state index in [4.69, 9.17) is 10.5 Å². The zero-order valence-electron chi connectivity index (χ0n) is 9.60. The van der Waals surface area contributed by atoms with E-state index in [1.807, 2.05) is 0 Å². The lowest BCUT2D eigenvalue weighted by Crippen LogP contribution is -2.48. The number of rotatable bonds is 2. The SMILES string of the molecule is C=C(N)C(C)(C)NC(=O)OC(C)(C)C. The minimum absolute atomic E-state index is 0.392. The third-order valence-corrected chi connectivity index (χ3v) is 1.62. The molecule has 1 amide bonds. The van der Waals surface area contributed by atoms with Gasteiger partial charge in [0.25, 0.3) is 0 Å². The summed E-state index contributed by atoms with van der Waals surface area (Å²) in [7, 11) is 0. The Bertz CT molecular complexity index is 239. The fraction of sp³-hybridized carbons (Fsp3) is 0.700. The molecule has 0 bridgehead atoms. The fourth-order valence-electron chi connectivity index (χ4n) is 0.639. The average Bonchev–Trinajstić information content (AvgIpc) is 1.79. The Morgan fingerprint density at radius 1 is 1.29 bits per heavy atom. The monoisotopic (exact) mass is 200 g/mol. The van der Waals surface area contributed by atoms with Crippen molar-refractivity contribution in [3.63, 3.8) is 0 Å². The number of alkyl carbamates (subject to hydrolysis) is 1. The lowest BCUT2D eigenvalue weighted by Gasteiger charge is -2.28. The number of nitrogens with two attached hydrogens (primary N) is 1. The first kappa shape index (κ1) is 12.8. The third-order valence-electron chi connectivity index (χ3n) is 1.62. The van der Waals surface area contributed by atoms with Crippen molar-refractivity contribution in [1.29, 1.82) is 0 Å². The Labute approximate surface area is 85.5 Å². The summed E-state index contributed by atoms with van der Waals surface area (Å²) in [6.07, 6.45) is -0.492. The summed E-state index contributed by atoms with van der Waals surface area (Å²) in [6, 6.07) is 0.